The number of amides is 1. The molecule has 0 aliphatic carbocycles. The third-order valence-electron chi connectivity index (χ3n) is 4.52. The van der Waals surface area contributed by atoms with E-state index in [0.717, 1.165) is 18.4 Å². The summed E-state index contributed by atoms with van der Waals surface area (Å²) in [6, 6.07) is 7.91. The first-order valence-electron chi connectivity index (χ1n) is 9.25. The number of rotatable bonds is 8. The largest absolute Gasteiger partial charge is 0.423 e. The molecule has 1 amide bonds. The highest BCUT2D eigenvalue weighted by atomic mass is 32.2. The molecule has 1 atom stereocenters. The standard InChI is InChI=1S/C20H20F6N2O4S/c1-33(31,32)11-17(29)27-10-13-5-7-16(8-6-13)28-12-18(30,20(24,25)26)14-3-2-4-15(9-14)19(21,22)23/h2-9,28,30H,10-12H2,1H3,(H,27,29)/t18-/m0/s1. The van der Waals surface area contributed by atoms with Crippen molar-refractivity contribution in [3.8, 4) is 0 Å². The number of anilines is 1. The summed E-state index contributed by atoms with van der Waals surface area (Å²) < 4.78 is 102. The lowest BCUT2D eigenvalue weighted by Crippen LogP contribution is -2.47. The van der Waals surface area contributed by atoms with Gasteiger partial charge in [0.05, 0.1) is 12.1 Å². The van der Waals surface area contributed by atoms with E-state index in [1.54, 1.807) is 0 Å². The lowest BCUT2D eigenvalue weighted by molar-refractivity contribution is -0.260. The first-order valence-corrected chi connectivity index (χ1v) is 11.3. The summed E-state index contributed by atoms with van der Waals surface area (Å²) >= 11 is 0. The minimum atomic E-state index is -5.28. The number of halogens is 6. The van der Waals surface area contributed by atoms with Gasteiger partial charge < -0.3 is 15.7 Å². The van der Waals surface area contributed by atoms with Crippen molar-refractivity contribution in [1.29, 1.82) is 0 Å². The minimum Gasteiger partial charge on any atom is -0.381 e. The number of carbonyl (C=O) groups excluding carboxylic acids is 1. The van der Waals surface area contributed by atoms with Gasteiger partial charge >= 0.3 is 12.4 Å². The molecule has 3 N–H and O–H groups in total. The van der Waals surface area contributed by atoms with Crippen LogP contribution in [0, 0.1) is 0 Å². The van der Waals surface area contributed by atoms with Crippen LogP contribution in [0.4, 0.5) is 32.0 Å². The van der Waals surface area contributed by atoms with Crippen LogP contribution in [0.15, 0.2) is 48.5 Å². The summed E-state index contributed by atoms with van der Waals surface area (Å²) in [5.41, 5.74) is -5.28. The van der Waals surface area contributed by atoms with Crippen molar-refractivity contribution in [3.05, 3.63) is 65.2 Å². The molecule has 2 aromatic carbocycles. The molecule has 0 spiro atoms. The highest BCUT2D eigenvalue weighted by molar-refractivity contribution is 7.91. The van der Waals surface area contributed by atoms with Gasteiger partial charge in [-0.25, -0.2) is 8.42 Å². The van der Waals surface area contributed by atoms with Crippen molar-refractivity contribution in [1.82, 2.24) is 5.32 Å². The maximum absolute atomic E-state index is 13.6. The number of aliphatic hydroxyl groups is 1. The molecular weight excluding hydrogens is 478 g/mol. The Morgan fingerprint density at radius 2 is 1.55 bits per heavy atom. The fourth-order valence-electron chi connectivity index (χ4n) is 2.78. The smallest absolute Gasteiger partial charge is 0.381 e. The molecule has 33 heavy (non-hydrogen) atoms. The summed E-state index contributed by atoms with van der Waals surface area (Å²) in [4.78, 5) is 11.5. The van der Waals surface area contributed by atoms with Crippen LogP contribution < -0.4 is 10.6 Å². The van der Waals surface area contributed by atoms with Crippen LogP contribution in [0.2, 0.25) is 0 Å². The van der Waals surface area contributed by atoms with Crippen molar-refractivity contribution in [2.75, 3.05) is 23.9 Å². The molecule has 0 unspecified atom stereocenters. The first kappa shape index (κ1) is 26.5. The van der Waals surface area contributed by atoms with Gasteiger partial charge in [0.1, 0.15) is 5.75 Å². The molecule has 2 rings (SSSR count). The van der Waals surface area contributed by atoms with E-state index < -0.39 is 57.1 Å². The lowest BCUT2D eigenvalue weighted by atomic mass is 9.91. The zero-order chi connectivity index (χ0) is 25.1. The van der Waals surface area contributed by atoms with Crippen molar-refractivity contribution < 1.29 is 44.7 Å². The number of alkyl halides is 6. The highest BCUT2D eigenvalue weighted by Crippen LogP contribution is 2.41. The third kappa shape index (κ3) is 7.35. The zero-order valence-corrected chi connectivity index (χ0v) is 17.9. The molecule has 0 heterocycles. The van der Waals surface area contributed by atoms with Crippen molar-refractivity contribution in [2.24, 2.45) is 0 Å². The molecule has 0 radical (unpaired) electrons. The van der Waals surface area contributed by atoms with Gasteiger partial charge in [0.15, 0.2) is 9.84 Å². The molecule has 0 aromatic heterocycles. The fraction of sp³-hybridized carbons (Fsp3) is 0.350. The normalized spacial score (nSPS) is 14.4. The van der Waals surface area contributed by atoms with Crippen LogP contribution in [0.5, 0.6) is 0 Å². The Labute approximate surface area is 185 Å². The maximum Gasteiger partial charge on any atom is 0.423 e. The van der Waals surface area contributed by atoms with Crippen molar-refractivity contribution in [3.63, 3.8) is 0 Å². The molecule has 6 nitrogen and oxygen atoms in total. The Hall–Kier alpha value is -2.80. The van der Waals surface area contributed by atoms with Gasteiger partial charge in [0, 0.05) is 18.5 Å². The number of hydrogen-bond donors (Lipinski definition) is 3. The third-order valence-corrected chi connectivity index (χ3v) is 5.31. The van der Waals surface area contributed by atoms with E-state index in [1.807, 2.05) is 0 Å². The number of hydrogen-bond acceptors (Lipinski definition) is 5. The molecule has 182 valence electrons. The number of nitrogens with one attached hydrogen (secondary N) is 2. The quantitative estimate of drug-likeness (QED) is 0.486. The molecule has 13 heteroatoms. The second kappa shape index (κ2) is 9.59. The van der Waals surface area contributed by atoms with E-state index in [-0.39, 0.29) is 18.3 Å². The molecule has 0 aliphatic rings. The van der Waals surface area contributed by atoms with Crippen LogP contribution in [0.3, 0.4) is 0 Å². The van der Waals surface area contributed by atoms with Gasteiger partial charge in [0.2, 0.25) is 11.5 Å². The van der Waals surface area contributed by atoms with Crippen LogP contribution in [-0.2, 0) is 33.0 Å². The first-order chi connectivity index (χ1) is 15.0. The summed E-state index contributed by atoms with van der Waals surface area (Å²) in [5, 5.41) is 15.0. The molecule has 0 saturated carbocycles. The molecule has 2 aromatic rings. The highest BCUT2D eigenvalue weighted by Gasteiger charge is 2.55. The van der Waals surface area contributed by atoms with Gasteiger partial charge in [-0.1, -0.05) is 24.3 Å². The summed E-state index contributed by atoms with van der Waals surface area (Å²) in [7, 11) is -3.50. The Morgan fingerprint density at radius 3 is 2.06 bits per heavy atom. The van der Waals surface area contributed by atoms with E-state index >= 15 is 0 Å². The van der Waals surface area contributed by atoms with Crippen LogP contribution in [0.1, 0.15) is 16.7 Å². The predicted molar refractivity (Wildman–Crippen MR) is 108 cm³/mol. The monoisotopic (exact) mass is 498 g/mol. The lowest BCUT2D eigenvalue weighted by Gasteiger charge is -2.32. The average molecular weight is 498 g/mol. The Balaban J connectivity index is 2.12. The second-order valence-electron chi connectivity index (χ2n) is 7.33. The number of sulfone groups is 1. The van der Waals surface area contributed by atoms with Gasteiger partial charge in [-0.3, -0.25) is 4.79 Å². The van der Waals surface area contributed by atoms with E-state index in [4.69, 9.17) is 0 Å². The molecule has 0 saturated heterocycles. The fourth-order valence-corrected chi connectivity index (χ4v) is 3.36. The summed E-state index contributed by atoms with van der Waals surface area (Å²) in [6.45, 7) is -1.20. The minimum absolute atomic E-state index is 0.0364. The Kier molecular flexibility index (Phi) is 7.69. The van der Waals surface area contributed by atoms with Crippen LogP contribution >= 0.6 is 0 Å². The van der Waals surface area contributed by atoms with Crippen molar-refractivity contribution >= 4 is 21.4 Å². The topological polar surface area (TPSA) is 95.5 Å². The Morgan fingerprint density at radius 1 is 0.970 bits per heavy atom. The average Bonchev–Trinajstić information content (AvgIpc) is 2.68. The molecular formula is C20H20F6N2O4S. The van der Waals surface area contributed by atoms with E-state index in [0.29, 0.717) is 11.6 Å². The maximum atomic E-state index is 13.6. The van der Waals surface area contributed by atoms with Gasteiger partial charge in [-0.05, 0) is 35.4 Å². The van der Waals surface area contributed by atoms with Gasteiger partial charge in [-0.2, -0.15) is 26.3 Å². The summed E-state index contributed by atoms with van der Waals surface area (Å²) in [6.07, 6.45) is -9.27. The SMILES string of the molecule is CS(=O)(=O)CC(=O)NCc1ccc(NC[C@](O)(c2cccc(C(F)(F)F)c2)C(F)(F)F)cc1. The van der Waals surface area contributed by atoms with E-state index in [2.05, 4.69) is 10.6 Å². The van der Waals surface area contributed by atoms with Crippen LogP contribution in [0.25, 0.3) is 0 Å². The zero-order valence-electron chi connectivity index (χ0n) is 17.1. The predicted octanol–water partition coefficient (Wildman–Crippen LogP) is 3.23. The Bertz CT molecular complexity index is 1080. The number of benzene rings is 2. The molecule has 0 fully saturated rings. The number of carbonyl (C=O) groups is 1. The van der Waals surface area contributed by atoms with Crippen molar-refractivity contribution in [2.45, 2.75) is 24.5 Å². The summed E-state index contributed by atoms with van der Waals surface area (Å²) in [5.74, 6) is -1.42. The molecule has 0 aliphatic heterocycles. The second-order valence-corrected chi connectivity index (χ2v) is 9.47. The van der Waals surface area contributed by atoms with Gasteiger partial charge in [0.25, 0.3) is 0 Å². The van der Waals surface area contributed by atoms with E-state index in [9.17, 15) is 44.7 Å². The van der Waals surface area contributed by atoms with Gasteiger partial charge in [-0.15, -0.1) is 0 Å². The van der Waals surface area contributed by atoms with Crippen LogP contribution in [-0.4, -0.2) is 44.2 Å². The molecule has 0 bridgehead atoms. The van der Waals surface area contributed by atoms with E-state index in [1.165, 1.54) is 24.3 Å².